The van der Waals surface area contributed by atoms with Crippen molar-refractivity contribution >= 4 is 23.4 Å². The number of rotatable bonds is 4. The quantitative estimate of drug-likeness (QED) is 0.452. The predicted molar refractivity (Wildman–Crippen MR) is 112 cm³/mol. The summed E-state index contributed by atoms with van der Waals surface area (Å²) in [4.78, 5) is 4.60. The average Bonchev–Trinajstić information content (AvgIpc) is 2.73. The van der Waals surface area contributed by atoms with E-state index in [0.29, 0.717) is 5.75 Å². The highest BCUT2D eigenvalue weighted by atomic mass is 32.1. The number of nitrogens with zero attached hydrogens (tertiary/aromatic N) is 1. The molecule has 3 heteroatoms. The molecule has 0 amide bonds. The molecule has 1 aromatic heterocycles. The van der Waals surface area contributed by atoms with Crippen molar-refractivity contribution in [1.29, 1.82) is 0 Å². The first kappa shape index (κ1) is 16.7. The van der Waals surface area contributed by atoms with Crippen LogP contribution in [0.4, 0.5) is 0 Å². The molecule has 0 spiro atoms. The zero-order chi connectivity index (χ0) is 17.9. The molecule has 0 radical (unpaired) electrons. The van der Waals surface area contributed by atoms with Crippen LogP contribution in [0, 0.1) is 0 Å². The molecular weight excluding hydrogens is 338 g/mol. The Balaban J connectivity index is 2.00. The zero-order valence-electron chi connectivity index (χ0n) is 14.5. The molecule has 0 bridgehead atoms. The van der Waals surface area contributed by atoms with Crippen molar-refractivity contribution in [1.82, 2.24) is 4.98 Å². The Morgan fingerprint density at radius 1 is 0.846 bits per heavy atom. The van der Waals surface area contributed by atoms with Crippen molar-refractivity contribution in [2.75, 3.05) is 7.11 Å². The van der Waals surface area contributed by atoms with E-state index in [-0.39, 0.29) is 0 Å². The summed E-state index contributed by atoms with van der Waals surface area (Å²) in [6.07, 6.45) is 1.85. The monoisotopic (exact) mass is 357 g/mol. The van der Waals surface area contributed by atoms with Gasteiger partial charge in [-0.05, 0) is 57.8 Å². The maximum absolute atomic E-state index is 5.49. The van der Waals surface area contributed by atoms with Gasteiger partial charge in [0.2, 0.25) is 0 Å². The van der Waals surface area contributed by atoms with E-state index in [1.54, 1.807) is 7.11 Å². The molecule has 0 aliphatic rings. The number of ether oxygens (including phenoxy) is 1. The summed E-state index contributed by atoms with van der Waals surface area (Å²) in [5.74, 6) is 1.52. The first-order chi connectivity index (χ1) is 12.8. The van der Waals surface area contributed by atoms with Crippen molar-refractivity contribution in [3.63, 3.8) is 0 Å². The Kier molecular flexibility index (Phi) is 4.63. The molecule has 26 heavy (non-hydrogen) atoms. The molecule has 1 heterocycles. The van der Waals surface area contributed by atoms with Crippen LogP contribution in [0.2, 0.25) is 0 Å². The van der Waals surface area contributed by atoms with Gasteiger partial charge in [-0.25, -0.2) is 0 Å². The largest absolute Gasteiger partial charge is 0.497 e. The molecule has 2 nitrogen and oxygen atoms in total. The standard InChI is InChI=1S/C23H19NOS/c1-25-18-9-10-21(23-13-16(15-26)11-12-24-23)22(14-18)20-8-4-6-17-5-2-3-7-19(17)20/h2-14,26H,15H2,1H3. The van der Waals surface area contributed by atoms with Gasteiger partial charge in [0, 0.05) is 17.5 Å². The second kappa shape index (κ2) is 7.22. The summed E-state index contributed by atoms with van der Waals surface area (Å²) in [5, 5.41) is 2.44. The first-order valence-electron chi connectivity index (χ1n) is 8.52. The maximum atomic E-state index is 5.49. The second-order valence-corrected chi connectivity index (χ2v) is 6.46. The number of methoxy groups -OCH3 is 1. The summed E-state index contributed by atoms with van der Waals surface area (Å²) in [5.41, 5.74) is 5.48. The fourth-order valence-electron chi connectivity index (χ4n) is 3.28. The lowest BCUT2D eigenvalue weighted by atomic mass is 9.92. The van der Waals surface area contributed by atoms with Gasteiger partial charge in [-0.1, -0.05) is 42.5 Å². The van der Waals surface area contributed by atoms with Crippen molar-refractivity contribution < 1.29 is 4.74 Å². The highest BCUT2D eigenvalue weighted by Gasteiger charge is 2.13. The lowest BCUT2D eigenvalue weighted by molar-refractivity contribution is 0.415. The van der Waals surface area contributed by atoms with E-state index in [4.69, 9.17) is 4.74 Å². The van der Waals surface area contributed by atoms with Gasteiger partial charge in [0.15, 0.2) is 0 Å². The summed E-state index contributed by atoms with van der Waals surface area (Å²) in [6.45, 7) is 0. The molecule has 0 unspecified atom stereocenters. The van der Waals surface area contributed by atoms with E-state index in [0.717, 1.165) is 28.1 Å². The smallest absolute Gasteiger partial charge is 0.119 e. The van der Waals surface area contributed by atoms with Gasteiger partial charge < -0.3 is 4.74 Å². The van der Waals surface area contributed by atoms with Gasteiger partial charge in [-0.2, -0.15) is 12.6 Å². The molecule has 0 aliphatic carbocycles. The van der Waals surface area contributed by atoms with Gasteiger partial charge in [0.25, 0.3) is 0 Å². The molecule has 4 aromatic rings. The minimum absolute atomic E-state index is 0.690. The van der Waals surface area contributed by atoms with Crippen LogP contribution in [-0.2, 0) is 5.75 Å². The maximum Gasteiger partial charge on any atom is 0.119 e. The van der Waals surface area contributed by atoms with Crippen molar-refractivity contribution in [3.8, 4) is 28.1 Å². The van der Waals surface area contributed by atoms with E-state index < -0.39 is 0 Å². The summed E-state index contributed by atoms with van der Waals surface area (Å²) < 4.78 is 5.49. The molecule has 0 saturated heterocycles. The molecule has 0 atom stereocenters. The average molecular weight is 357 g/mol. The Morgan fingerprint density at radius 3 is 2.54 bits per heavy atom. The minimum Gasteiger partial charge on any atom is -0.497 e. The predicted octanol–water partition coefficient (Wildman–Crippen LogP) is 6.01. The van der Waals surface area contributed by atoms with Crippen molar-refractivity contribution in [2.45, 2.75) is 5.75 Å². The van der Waals surface area contributed by atoms with Crippen LogP contribution >= 0.6 is 12.6 Å². The van der Waals surface area contributed by atoms with Crippen LogP contribution in [0.25, 0.3) is 33.2 Å². The Hall–Kier alpha value is -2.78. The number of thiol groups is 1. The Labute approximate surface area is 158 Å². The Morgan fingerprint density at radius 2 is 1.69 bits per heavy atom. The normalized spacial score (nSPS) is 10.8. The van der Waals surface area contributed by atoms with Crippen LogP contribution in [0.1, 0.15) is 5.56 Å². The lowest BCUT2D eigenvalue weighted by Crippen LogP contribution is -1.92. The first-order valence-corrected chi connectivity index (χ1v) is 9.16. The molecular formula is C23H19NOS. The molecule has 128 valence electrons. The third-order valence-corrected chi connectivity index (χ3v) is 4.95. The van der Waals surface area contributed by atoms with Crippen molar-refractivity contribution in [2.24, 2.45) is 0 Å². The summed E-state index contributed by atoms with van der Waals surface area (Å²) in [6, 6.07) is 25.1. The fraction of sp³-hybridized carbons (Fsp3) is 0.0870. The van der Waals surface area contributed by atoms with Crippen molar-refractivity contribution in [3.05, 3.63) is 84.6 Å². The van der Waals surface area contributed by atoms with Gasteiger partial charge in [0.1, 0.15) is 5.75 Å². The molecule has 4 rings (SSSR count). The highest BCUT2D eigenvalue weighted by molar-refractivity contribution is 7.79. The Bertz CT molecular complexity index is 1070. The number of benzene rings is 3. The topological polar surface area (TPSA) is 22.1 Å². The third kappa shape index (κ3) is 3.06. The number of hydrogen-bond donors (Lipinski definition) is 1. The molecule has 0 saturated carbocycles. The van der Waals surface area contributed by atoms with Crippen LogP contribution < -0.4 is 4.74 Å². The molecule has 3 aromatic carbocycles. The fourth-order valence-corrected chi connectivity index (χ4v) is 3.47. The SMILES string of the molecule is COc1ccc(-c2cc(CS)ccn2)c(-c2cccc3ccccc23)c1. The van der Waals surface area contributed by atoms with E-state index in [9.17, 15) is 0 Å². The van der Waals surface area contributed by atoms with Gasteiger partial charge >= 0.3 is 0 Å². The van der Waals surface area contributed by atoms with E-state index >= 15 is 0 Å². The van der Waals surface area contributed by atoms with E-state index in [1.807, 2.05) is 18.3 Å². The summed E-state index contributed by atoms with van der Waals surface area (Å²) in [7, 11) is 1.70. The van der Waals surface area contributed by atoms with Crippen LogP contribution in [0.15, 0.2) is 79.0 Å². The zero-order valence-corrected chi connectivity index (χ0v) is 15.4. The van der Waals surface area contributed by atoms with Gasteiger partial charge in [-0.15, -0.1) is 0 Å². The van der Waals surface area contributed by atoms with E-state index in [1.165, 1.54) is 16.3 Å². The summed E-state index contributed by atoms with van der Waals surface area (Å²) >= 11 is 4.40. The van der Waals surface area contributed by atoms with Gasteiger partial charge in [-0.3, -0.25) is 4.98 Å². The number of aromatic nitrogens is 1. The number of hydrogen-bond acceptors (Lipinski definition) is 3. The lowest BCUT2D eigenvalue weighted by Gasteiger charge is -2.14. The minimum atomic E-state index is 0.690. The number of pyridine rings is 1. The second-order valence-electron chi connectivity index (χ2n) is 6.15. The molecule has 0 aliphatic heterocycles. The highest BCUT2D eigenvalue weighted by Crippen LogP contribution is 2.38. The number of fused-ring (bicyclic) bond motifs is 1. The molecule has 0 N–H and O–H groups in total. The van der Waals surface area contributed by atoms with E-state index in [2.05, 4.69) is 78.3 Å². The molecule has 0 fully saturated rings. The van der Waals surface area contributed by atoms with Gasteiger partial charge in [0.05, 0.1) is 12.8 Å². The van der Waals surface area contributed by atoms with Crippen LogP contribution in [0.5, 0.6) is 5.75 Å². The van der Waals surface area contributed by atoms with Crippen LogP contribution in [0.3, 0.4) is 0 Å². The third-order valence-electron chi connectivity index (χ3n) is 4.59. The van der Waals surface area contributed by atoms with Crippen LogP contribution in [-0.4, -0.2) is 12.1 Å².